The summed E-state index contributed by atoms with van der Waals surface area (Å²) in [5, 5.41) is 0. The zero-order valence-electron chi connectivity index (χ0n) is 18.8. The van der Waals surface area contributed by atoms with Gasteiger partial charge in [-0.25, -0.2) is 13.6 Å². The van der Waals surface area contributed by atoms with E-state index in [2.05, 4.69) is 0 Å². The normalized spacial score (nSPS) is 16.1. The van der Waals surface area contributed by atoms with Crippen molar-refractivity contribution in [1.29, 1.82) is 0 Å². The lowest BCUT2D eigenvalue weighted by Gasteiger charge is -2.28. The lowest BCUT2D eigenvalue weighted by Crippen LogP contribution is -2.42. The molecule has 1 saturated heterocycles. The van der Waals surface area contributed by atoms with Gasteiger partial charge < -0.3 is 20.1 Å². The molecule has 0 unspecified atom stereocenters. The van der Waals surface area contributed by atoms with Crippen LogP contribution in [0.15, 0.2) is 30.3 Å². The van der Waals surface area contributed by atoms with Crippen LogP contribution in [0.2, 0.25) is 0 Å². The maximum atomic E-state index is 14.4. The number of hydrogen-bond acceptors (Lipinski definition) is 4. The van der Waals surface area contributed by atoms with Crippen molar-refractivity contribution < 1.29 is 27.8 Å². The molecule has 1 fully saturated rings. The highest BCUT2D eigenvalue weighted by atomic mass is 127. The van der Waals surface area contributed by atoms with E-state index in [0.717, 1.165) is 22.1 Å². The van der Waals surface area contributed by atoms with E-state index in [0.29, 0.717) is 18.5 Å². The highest BCUT2D eigenvalue weighted by Gasteiger charge is 2.33. The number of rotatable bonds is 6. The minimum Gasteiger partial charge on any atom is -0.490 e. The molecule has 2 aromatic carbocycles. The van der Waals surface area contributed by atoms with E-state index < -0.39 is 29.2 Å². The van der Waals surface area contributed by atoms with Crippen molar-refractivity contribution in [2.24, 2.45) is 5.73 Å². The zero-order chi connectivity index (χ0) is 24.3. The van der Waals surface area contributed by atoms with Crippen molar-refractivity contribution in [3.8, 4) is 5.75 Å². The predicted octanol–water partition coefficient (Wildman–Crippen LogP) is 5.04. The summed E-state index contributed by atoms with van der Waals surface area (Å²) in [6, 6.07) is 6.63. The molecule has 0 aromatic heterocycles. The Bertz CT molecular complexity index is 1060. The van der Waals surface area contributed by atoms with Crippen LogP contribution in [0.5, 0.6) is 5.75 Å². The van der Waals surface area contributed by atoms with E-state index >= 15 is 0 Å². The number of amides is 2. The fourth-order valence-electron chi connectivity index (χ4n) is 3.79. The molecule has 1 heterocycles. The molecule has 0 bridgehead atoms. The van der Waals surface area contributed by atoms with Gasteiger partial charge in [-0.15, -0.1) is 0 Å². The first-order valence-corrected chi connectivity index (χ1v) is 11.7. The smallest absolute Gasteiger partial charge is 0.410 e. The Balaban J connectivity index is 1.83. The molecule has 1 aliphatic rings. The highest BCUT2D eigenvalue weighted by Crippen LogP contribution is 2.29. The van der Waals surface area contributed by atoms with Crippen LogP contribution in [-0.2, 0) is 11.2 Å². The van der Waals surface area contributed by atoms with Crippen LogP contribution in [0.1, 0.15) is 55.1 Å². The average Bonchev–Trinajstić information content (AvgIpc) is 3.15. The number of hydrogen-bond donors (Lipinski definition) is 1. The van der Waals surface area contributed by atoms with Crippen molar-refractivity contribution in [1.82, 2.24) is 4.90 Å². The quantitative estimate of drug-likeness (QED) is 0.493. The summed E-state index contributed by atoms with van der Waals surface area (Å²) >= 11 is 1.99. The number of primary amides is 1. The SMILES string of the molecule is CC(C)(C)OC(=O)N1CCC[C@@H]1COc1cc(F)cc(Cc2ccc(I)cc2F)c1C(N)=O. The molecule has 2 N–H and O–H groups in total. The van der Waals surface area contributed by atoms with Gasteiger partial charge in [-0.3, -0.25) is 4.79 Å². The molecule has 3 rings (SSSR count). The Morgan fingerprint density at radius 2 is 1.91 bits per heavy atom. The number of halogens is 3. The lowest BCUT2D eigenvalue weighted by atomic mass is 9.98. The van der Waals surface area contributed by atoms with Gasteiger partial charge in [0.1, 0.15) is 29.6 Å². The fraction of sp³-hybridized carbons (Fsp3) is 0.417. The summed E-state index contributed by atoms with van der Waals surface area (Å²) in [6.07, 6.45) is 0.984. The van der Waals surface area contributed by atoms with Gasteiger partial charge in [0.2, 0.25) is 0 Å². The van der Waals surface area contributed by atoms with Crippen LogP contribution in [0, 0.1) is 15.2 Å². The van der Waals surface area contributed by atoms with Gasteiger partial charge in [0, 0.05) is 22.6 Å². The van der Waals surface area contributed by atoms with E-state index in [4.69, 9.17) is 15.2 Å². The van der Waals surface area contributed by atoms with E-state index in [1.165, 1.54) is 6.07 Å². The molecular formula is C24H27F2IN2O4. The van der Waals surface area contributed by atoms with Gasteiger partial charge >= 0.3 is 6.09 Å². The Morgan fingerprint density at radius 3 is 2.55 bits per heavy atom. The maximum absolute atomic E-state index is 14.4. The molecular weight excluding hydrogens is 545 g/mol. The van der Waals surface area contributed by atoms with Crippen LogP contribution in [-0.4, -0.2) is 41.7 Å². The number of carbonyl (C=O) groups excluding carboxylic acids is 2. The van der Waals surface area contributed by atoms with Crippen molar-refractivity contribution in [2.75, 3.05) is 13.2 Å². The minimum atomic E-state index is -0.804. The summed E-state index contributed by atoms with van der Waals surface area (Å²) in [7, 11) is 0. The minimum absolute atomic E-state index is 0.00355. The first-order chi connectivity index (χ1) is 15.4. The summed E-state index contributed by atoms with van der Waals surface area (Å²) in [6.45, 7) is 5.93. The van der Waals surface area contributed by atoms with Gasteiger partial charge in [0.05, 0.1) is 11.6 Å². The Kier molecular flexibility index (Phi) is 7.81. The van der Waals surface area contributed by atoms with Crippen molar-refractivity contribution in [3.05, 3.63) is 62.2 Å². The second-order valence-corrected chi connectivity index (χ2v) is 10.2. The number of ether oxygens (including phenoxy) is 2. The van der Waals surface area contributed by atoms with Gasteiger partial charge in [0.25, 0.3) is 5.91 Å². The molecule has 0 aliphatic carbocycles. The molecule has 178 valence electrons. The van der Waals surface area contributed by atoms with E-state index in [1.54, 1.807) is 37.8 Å². The van der Waals surface area contributed by atoms with Crippen molar-refractivity contribution in [3.63, 3.8) is 0 Å². The maximum Gasteiger partial charge on any atom is 0.410 e. The third kappa shape index (κ3) is 6.55. The van der Waals surface area contributed by atoms with Gasteiger partial charge in [-0.2, -0.15) is 0 Å². The van der Waals surface area contributed by atoms with Crippen LogP contribution in [0.4, 0.5) is 13.6 Å². The third-order valence-corrected chi connectivity index (χ3v) is 5.90. The number of benzene rings is 2. The molecule has 6 nitrogen and oxygen atoms in total. The lowest BCUT2D eigenvalue weighted by molar-refractivity contribution is 0.0186. The molecule has 0 radical (unpaired) electrons. The second-order valence-electron chi connectivity index (χ2n) is 9.00. The third-order valence-electron chi connectivity index (χ3n) is 5.23. The van der Waals surface area contributed by atoms with E-state index in [1.807, 2.05) is 22.6 Å². The number of nitrogens with zero attached hydrogens (tertiary/aromatic N) is 1. The molecule has 0 saturated carbocycles. The molecule has 9 heteroatoms. The van der Waals surface area contributed by atoms with Gasteiger partial charge in [-0.05, 0) is 85.5 Å². The van der Waals surface area contributed by atoms with Crippen LogP contribution in [0.3, 0.4) is 0 Å². The summed E-state index contributed by atoms with van der Waals surface area (Å²) in [5.74, 6) is -1.92. The van der Waals surface area contributed by atoms with Crippen LogP contribution in [0.25, 0.3) is 0 Å². The number of likely N-dealkylation sites (tertiary alicyclic amines) is 1. The average molecular weight is 572 g/mol. The Labute approximate surface area is 205 Å². The van der Waals surface area contributed by atoms with E-state index in [9.17, 15) is 18.4 Å². The number of nitrogens with two attached hydrogens (primary N) is 1. The van der Waals surface area contributed by atoms with Crippen LogP contribution >= 0.6 is 22.6 Å². The summed E-state index contributed by atoms with van der Waals surface area (Å²) in [5.41, 5.74) is 5.49. The summed E-state index contributed by atoms with van der Waals surface area (Å²) < 4.78 is 40.8. The Morgan fingerprint density at radius 1 is 1.18 bits per heavy atom. The summed E-state index contributed by atoms with van der Waals surface area (Å²) in [4.78, 5) is 26.3. The van der Waals surface area contributed by atoms with Crippen LogP contribution < -0.4 is 10.5 Å². The van der Waals surface area contributed by atoms with Gasteiger partial charge in [0.15, 0.2) is 0 Å². The monoisotopic (exact) mass is 572 g/mol. The highest BCUT2D eigenvalue weighted by molar-refractivity contribution is 14.1. The molecule has 2 amide bonds. The predicted molar refractivity (Wildman–Crippen MR) is 128 cm³/mol. The zero-order valence-corrected chi connectivity index (χ0v) is 20.9. The molecule has 33 heavy (non-hydrogen) atoms. The molecule has 1 atom stereocenters. The Hall–Kier alpha value is -2.43. The first kappa shape index (κ1) is 25.2. The van der Waals surface area contributed by atoms with Crippen molar-refractivity contribution >= 4 is 34.6 Å². The fourth-order valence-corrected chi connectivity index (χ4v) is 4.25. The molecule has 0 spiro atoms. The second kappa shape index (κ2) is 10.2. The first-order valence-electron chi connectivity index (χ1n) is 10.6. The largest absolute Gasteiger partial charge is 0.490 e. The molecule has 2 aromatic rings. The van der Waals surface area contributed by atoms with E-state index in [-0.39, 0.29) is 35.9 Å². The topological polar surface area (TPSA) is 81.9 Å². The standard InChI is InChI=1S/C24H27F2IN2O4/c1-24(2,3)33-23(31)29-8-4-5-18(29)13-32-20-11-16(25)10-15(21(20)22(28)30)9-14-6-7-17(27)12-19(14)26/h6-7,10-12,18H,4-5,8-9,13H2,1-3H3,(H2,28,30)/t18-/m1/s1. The van der Waals surface area contributed by atoms with Gasteiger partial charge in [-0.1, -0.05) is 6.07 Å². The van der Waals surface area contributed by atoms with Crippen molar-refractivity contribution in [2.45, 2.75) is 51.7 Å². The molecule has 1 aliphatic heterocycles. The number of carbonyl (C=O) groups is 2.